The van der Waals surface area contributed by atoms with Gasteiger partial charge in [0.1, 0.15) is 11.4 Å². The zero-order chi connectivity index (χ0) is 24.2. The van der Waals surface area contributed by atoms with E-state index in [2.05, 4.69) is 10.3 Å². The topological polar surface area (TPSA) is 111 Å². The Kier molecular flexibility index (Phi) is 7.79. The number of hydrogen-bond acceptors (Lipinski definition) is 6. The second-order valence-corrected chi connectivity index (χ2v) is 10.3. The molecular formula is C23H34N4O5S. The van der Waals surface area contributed by atoms with Gasteiger partial charge >= 0.3 is 5.97 Å². The maximum atomic E-state index is 12.8. The van der Waals surface area contributed by atoms with Gasteiger partial charge in [0, 0.05) is 33.0 Å². The van der Waals surface area contributed by atoms with Crippen LogP contribution < -0.4 is 5.32 Å². The van der Waals surface area contributed by atoms with Crippen molar-refractivity contribution in [3.05, 3.63) is 24.0 Å². The normalized spacial score (nSPS) is 15.8. The van der Waals surface area contributed by atoms with Crippen LogP contribution in [0.5, 0.6) is 0 Å². The van der Waals surface area contributed by atoms with Crippen molar-refractivity contribution in [2.45, 2.75) is 69.7 Å². The number of benzene rings is 1. The van der Waals surface area contributed by atoms with Gasteiger partial charge in [0.15, 0.2) is 0 Å². The summed E-state index contributed by atoms with van der Waals surface area (Å²) in [5.74, 6) is 0.0940. The number of aryl methyl sites for hydroxylation is 2. The van der Waals surface area contributed by atoms with Gasteiger partial charge in [-0.15, -0.1) is 0 Å². The van der Waals surface area contributed by atoms with Gasteiger partial charge in [0.25, 0.3) is 0 Å². The van der Waals surface area contributed by atoms with E-state index < -0.39 is 15.6 Å². The van der Waals surface area contributed by atoms with Gasteiger partial charge in [0.05, 0.1) is 22.5 Å². The van der Waals surface area contributed by atoms with E-state index in [4.69, 9.17) is 4.74 Å². The quantitative estimate of drug-likeness (QED) is 0.526. The van der Waals surface area contributed by atoms with E-state index in [1.54, 1.807) is 39.0 Å². The lowest BCUT2D eigenvalue weighted by molar-refractivity contribution is -0.153. The van der Waals surface area contributed by atoms with Gasteiger partial charge in [-0.05, 0) is 38.0 Å². The fourth-order valence-electron chi connectivity index (χ4n) is 4.51. The van der Waals surface area contributed by atoms with Crippen molar-refractivity contribution in [2.24, 2.45) is 7.05 Å². The number of imidazole rings is 1. The lowest BCUT2D eigenvalue weighted by Crippen LogP contribution is -2.53. The van der Waals surface area contributed by atoms with Crippen LogP contribution in [-0.2, 0) is 37.8 Å². The summed E-state index contributed by atoms with van der Waals surface area (Å²) in [6.07, 6.45) is 3.48. The van der Waals surface area contributed by atoms with Crippen LogP contribution >= 0.6 is 0 Å². The van der Waals surface area contributed by atoms with Gasteiger partial charge in [-0.25, -0.2) is 18.2 Å². The minimum absolute atomic E-state index is 0.170. The Morgan fingerprint density at radius 2 is 1.85 bits per heavy atom. The molecule has 1 aromatic heterocycles. The van der Waals surface area contributed by atoms with Gasteiger partial charge in [-0.2, -0.15) is 4.31 Å². The predicted octanol–water partition coefficient (Wildman–Crippen LogP) is 2.53. The van der Waals surface area contributed by atoms with Crippen LogP contribution in [0.15, 0.2) is 23.1 Å². The van der Waals surface area contributed by atoms with Gasteiger partial charge in [0.2, 0.25) is 15.9 Å². The zero-order valence-corrected chi connectivity index (χ0v) is 20.7. The highest BCUT2D eigenvalue weighted by Crippen LogP contribution is 2.31. The summed E-state index contributed by atoms with van der Waals surface area (Å²) in [5, 5.41) is 2.92. The van der Waals surface area contributed by atoms with E-state index in [1.807, 2.05) is 11.6 Å². The molecule has 0 atom stereocenters. The molecule has 0 radical (unpaired) electrons. The van der Waals surface area contributed by atoms with E-state index in [-0.39, 0.29) is 29.8 Å². The molecule has 1 aliphatic rings. The van der Waals surface area contributed by atoms with Crippen molar-refractivity contribution in [1.29, 1.82) is 0 Å². The number of aromatic nitrogens is 2. The molecule has 1 aliphatic carbocycles. The average molecular weight is 479 g/mol. The second-order valence-electron chi connectivity index (χ2n) is 8.38. The van der Waals surface area contributed by atoms with Crippen LogP contribution in [0, 0.1) is 0 Å². The lowest BCUT2D eigenvalue weighted by Gasteiger charge is -2.27. The first-order valence-corrected chi connectivity index (χ1v) is 13.1. The Morgan fingerprint density at radius 3 is 2.45 bits per heavy atom. The number of nitrogens with zero attached hydrogens (tertiary/aromatic N) is 3. The van der Waals surface area contributed by atoms with Crippen molar-refractivity contribution >= 4 is 32.9 Å². The molecule has 1 fully saturated rings. The molecule has 33 heavy (non-hydrogen) atoms. The Bertz CT molecular complexity index is 1120. The fraction of sp³-hybridized carbons (Fsp3) is 0.609. The molecule has 1 saturated carbocycles. The number of carbonyl (C=O) groups is 2. The minimum atomic E-state index is -3.58. The third-order valence-electron chi connectivity index (χ3n) is 6.37. The minimum Gasteiger partial charge on any atom is -0.464 e. The molecule has 0 aliphatic heterocycles. The summed E-state index contributed by atoms with van der Waals surface area (Å²) in [6, 6.07) is 4.93. The van der Waals surface area contributed by atoms with Crippen LogP contribution in [-0.4, -0.2) is 59.4 Å². The average Bonchev–Trinajstić information content (AvgIpc) is 3.38. The first-order chi connectivity index (χ1) is 15.7. The molecule has 2 aromatic rings. The van der Waals surface area contributed by atoms with Crippen LogP contribution in [0.4, 0.5) is 0 Å². The third kappa shape index (κ3) is 5.06. The summed E-state index contributed by atoms with van der Waals surface area (Å²) in [4.78, 5) is 29.9. The van der Waals surface area contributed by atoms with E-state index >= 15 is 0 Å². The zero-order valence-electron chi connectivity index (χ0n) is 19.9. The number of nitrogens with one attached hydrogen (secondary N) is 1. The predicted molar refractivity (Wildman–Crippen MR) is 125 cm³/mol. The summed E-state index contributed by atoms with van der Waals surface area (Å²) in [5.41, 5.74) is 0.440. The molecule has 1 amide bonds. The Morgan fingerprint density at radius 1 is 1.18 bits per heavy atom. The molecule has 0 saturated heterocycles. The molecule has 182 valence electrons. The standard InChI is InChI=1S/C23H34N4O5S/c1-5-27(6-2)33(30,31)17-10-11-19-18(16-17)24-20(26(19)4)12-13-21(28)25-23(14-8-9-15-23)22(29)32-7-3/h10-11,16H,5-9,12-15H2,1-4H3,(H,25,28). The summed E-state index contributed by atoms with van der Waals surface area (Å²) < 4.78 is 34.2. The molecule has 3 rings (SSSR count). The smallest absolute Gasteiger partial charge is 0.331 e. The fourth-order valence-corrected chi connectivity index (χ4v) is 5.99. The van der Waals surface area contributed by atoms with Gasteiger partial charge in [-0.3, -0.25) is 4.79 Å². The molecule has 0 spiro atoms. The summed E-state index contributed by atoms with van der Waals surface area (Å²) in [6.45, 7) is 6.44. The summed E-state index contributed by atoms with van der Waals surface area (Å²) >= 11 is 0. The highest BCUT2D eigenvalue weighted by Gasteiger charge is 2.43. The monoisotopic (exact) mass is 478 g/mol. The van der Waals surface area contributed by atoms with Crippen molar-refractivity contribution in [1.82, 2.24) is 19.2 Å². The highest BCUT2D eigenvalue weighted by molar-refractivity contribution is 7.89. The second kappa shape index (κ2) is 10.2. The van der Waals surface area contributed by atoms with E-state index in [9.17, 15) is 18.0 Å². The molecule has 0 bridgehead atoms. The SMILES string of the molecule is CCOC(=O)C1(NC(=O)CCc2nc3cc(S(=O)(=O)N(CC)CC)ccc3n2C)CCCC1. The number of esters is 1. The van der Waals surface area contributed by atoms with Crippen LogP contribution in [0.25, 0.3) is 11.0 Å². The van der Waals surface area contributed by atoms with Crippen LogP contribution in [0.2, 0.25) is 0 Å². The van der Waals surface area contributed by atoms with Crippen LogP contribution in [0.3, 0.4) is 0 Å². The number of carbonyl (C=O) groups excluding carboxylic acids is 2. The highest BCUT2D eigenvalue weighted by atomic mass is 32.2. The number of hydrogen-bond donors (Lipinski definition) is 1. The number of ether oxygens (including phenoxy) is 1. The number of fused-ring (bicyclic) bond motifs is 1. The number of rotatable bonds is 10. The molecule has 10 heteroatoms. The van der Waals surface area contributed by atoms with E-state index in [0.29, 0.717) is 43.7 Å². The van der Waals surface area contributed by atoms with E-state index in [1.165, 1.54) is 4.31 Å². The van der Waals surface area contributed by atoms with Crippen molar-refractivity contribution < 1.29 is 22.7 Å². The Hall–Kier alpha value is -2.46. The lowest BCUT2D eigenvalue weighted by atomic mass is 9.97. The molecule has 9 nitrogen and oxygen atoms in total. The molecule has 1 N–H and O–H groups in total. The number of sulfonamides is 1. The number of amides is 1. The third-order valence-corrected chi connectivity index (χ3v) is 8.41. The molecule has 1 heterocycles. The molecular weight excluding hydrogens is 444 g/mol. The van der Waals surface area contributed by atoms with Gasteiger partial charge < -0.3 is 14.6 Å². The maximum absolute atomic E-state index is 12.8. The first kappa shape index (κ1) is 25.2. The molecule has 1 aromatic carbocycles. The Balaban J connectivity index is 1.75. The largest absolute Gasteiger partial charge is 0.464 e. The van der Waals surface area contributed by atoms with Crippen molar-refractivity contribution in [2.75, 3.05) is 19.7 Å². The molecule has 0 unspecified atom stereocenters. The van der Waals surface area contributed by atoms with Crippen molar-refractivity contribution in [3.8, 4) is 0 Å². The Labute approximate surface area is 195 Å². The van der Waals surface area contributed by atoms with E-state index in [0.717, 1.165) is 18.4 Å². The summed E-state index contributed by atoms with van der Waals surface area (Å²) in [7, 11) is -1.73. The van der Waals surface area contributed by atoms with Gasteiger partial charge in [-0.1, -0.05) is 26.7 Å². The first-order valence-electron chi connectivity index (χ1n) is 11.6. The van der Waals surface area contributed by atoms with Crippen molar-refractivity contribution in [3.63, 3.8) is 0 Å². The van der Waals surface area contributed by atoms with Crippen LogP contribution in [0.1, 0.15) is 58.7 Å². The maximum Gasteiger partial charge on any atom is 0.331 e.